The number of nitrogens with zero attached hydrogens (tertiary/aromatic N) is 3. The molecule has 1 aromatic heterocycles. The molecule has 0 spiro atoms. The van der Waals surface area contributed by atoms with Crippen molar-refractivity contribution in [3.05, 3.63) is 36.5 Å². The summed E-state index contributed by atoms with van der Waals surface area (Å²) in [4.78, 5) is 4.38. The van der Waals surface area contributed by atoms with Crippen molar-refractivity contribution in [2.45, 2.75) is 18.6 Å². The first-order valence-corrected chi connectivity index (χ1v) is 6.46. The van der Waals surface area contributed by atoms with Crippen LogP contribution in [0.3, 0.4) is 0 Å². The van der Waals surface area contributed by atoms with Gasteiger partial charge in [0.2, 0.25) is 0 Å². The molecule has 0 unspecified atom stereocenters. The van der Waals surface area contributed by atoms with Crippen molar-refractivity contribution in [3.63, 3.8) is 0 Å². The number of imidazole rings is 1. The summed E-state index contributed by atoms with van der Waals surface area (Å²) >= 11 is 1.48. The highest BCUT2D eigenvalue weighted by Gasteiger charge is 2.10. The third-order valence-electron chi connectivity index (χ3n) is 2.47. The number of nitriles is 1. The smallest absolute Gasteiger partial charge is 0.169 e. The first kappa shape index (κ1) is 11.7. The molecular formula is C13H13N3S. The monoisotopic (exact) mass is 243 g/mol. The van der Waals surface area contributed by atoms with E-state index >= 15 is 0 Å². The Balaban J connectivity index is 2.36. The largest absolute Gasteiger partial charge is 0.319 e. The molecule has 0 amide bonds. The lowest BCUT2D eigenvalue weighted by molar-refractivity contribution is 0.688. The Bertz CT molecular complexity index is 525. The van der Waals surface area contributed by atoms with E-state index in [1.165, 1.54) is 11.8 Å². The normalized spacial score (nSPS) is 10.1. The van der Waals surface area contributed by atoms with E-state index < -0.39 is 0 Å². The molecule has 4 heteroatoms. The first-order chi connectivity index (χ1) is 8.36. The molecule has 0 atom stereocenters. The Kier molecular flexibility index (Phi) is 3.84. The Morgan fingerprint density at radius 3 is 2.76 bits per heavy atom. The fourth-order valence-electron chi connectivity index (χ4n) is 1.72. The molecule has 3 nitrogen and oxygen atoms in total. The summed E-state index contributed by atoms with van der Waals surface area (Å²) in [5, 5.41) is 9.52. The molecule has 0 aliphatic carbocycles. The minimum Gasteiger partial charge on any atom is -0.319 e. The van der Waals surface area contributed by atoms with Crippen LogP contribution in [-0.4, -0.2) is 15.3 Å². The van der Waals surface area contributed by atoms with Crippen molar-refractivity contribution >= 4 is 11.8 Å². The molecule has 86 valence electrons. The third kappa shape index (κ3) is 2.51. The van der Waals surface area contributed by atoms with Crippen LogP contribution in [0.1, 0.15) is 6.92 Å². The fraction of sp³-hybridized carbons (Fsp3) is 0.231. The second-order valence-electron chi connectivity index (χ2n) is 3.48. The molecule has 0 fully saturated rings. The molecule has 0 aliphatic rings. The average molecular weight is 243 g/mol. The number of hydrogen-bond acceptors (Lipinski definition) is 3. The Labute approximate surface area is 105 Å². The standard InChI is InChI=1S/C13H13N3S/c1-2-16-12(11-6-4-3-5-7-11)10-15-13(16)17-9-8-14/h3-7,10H,2,9H2,1H3. The van der Waals surface area contributed by atoms with Crippen LogP contribution in [0, 0.1) is 11.3 Å². The first-order valence-electron chi connectivity index (χ1n) is 5.47. The van der Waals surface area contributed by atoms with E-state index in [1.807, 2.05) is 24.4 Å². The molecular weight excluding hydrogens is 230 g/mol. The highest BCUT2D eigenvalue weighted by molar-refractivity contribution is 7.99. The number of benzene rings is 1. The SMILES string of the molecule is CCn1c(-c2ccccc2)cnc1SCC#N. The van der Waals surface area contributed by atoms with Crippen molar-refractivity contribution in [2.75, 3.05) is 5.75 Å². The van der Waals surface area contributed by atoms with Gasteiger partial charge >= 0.3 is 0 Å². The Morgan fingerprint density at radius 2 is 2.12 bits per heavy atom. The third-order valence-corrected chi connectivity index (χ3v) is 3.33. The number of thioether (sulfide) groups is 1. The van der Waals surface area contributed by atoms with Crippen LogP contribution in [0.15, 0.2) is 41.7 Å². The lowest BCUT2D eigenvalue weighted by Crippen LogP contribution is -1.99. The zero-order valence-electron chi connectivity index (χ0n) is 9.63. The minimum absolute atomic E-state index is 0.436. The molecule has 0 aliphatic heterocycles. The van der Waals surface area contributed by atoms with Gasteiger partial charge in [0.1, 0.15) is 0 Å². The van der Waals surface area contributed by atoms with E-state index in [0.29, 0.717) is 5.75 Å². The maximum absolute atomic E-state index is 8.61. The summed E-state index contributed by atoms with van der Waals surface area (Å²) in [5.41, 5.74) is 2.26. The van der Waals surface area contributed by atoms with E-state index in [1.54, 1.807) is 0 Å². The van der Waals surface area contributed by atoms with Crippen LogP contribution in [0.5, 0.6) is 0 Å². The average Bonchev–Trinajstić information content (AvgIpc) is 2.80. The van der Waals surface area contributed by atoms with Crippen molar-refractivity contribution in [1.82, 2.24) is 9.55 Å². The van der Waals surface area contributed by atoms with Gasteiger partial charge in [0.15, 0.2) is 5.16 Å². The summed E-state index contributed by atoms with van der Waals surface area (Å²) in [5.74, 6) is 0.436. The van der Waals surface area contributed by atoms with E-state index in [-0.39, 0.29) is 0 Å². The van der Waals surface area contributed by atoms with Crippen LogP contribution >= 0.6 is 11.8 Å². The quantitative estimate of drug-likeness (QED) is 0.774. The molecule has 1 aromatic carbocycles. The van der Waals surface area contributed by atoms with Crippen molar-refractivity contribution in [1.29, 1.82) is 5.26 Å². The van der Waals surface area contributed by atoms with Crippen molar-refractivity contribution in [2.24, 2.45) is 0 Å². The maximum Gasteiger partial charge on any atom is 0.169 e. The Morgan fingerprint density at radius 1 is 1.35 bits per heavy atom. The zero-order chi connectivity index (χ0) is 12.1. The minimum atomic E-state index is 0.436. The second-order valence-corrected chi connectivity index (χ2v) is 4.43. The van der Waals surface area contributed by atoms with E-state index in [9.17, 15) is 0 Å². The lowest BCUT2D eigenvalue weighted by atomic mass is 10.2. The number of rotatable bonds is 4. The molecule has 17 heavy (non-hydrogen) atoms. The molecule has 0 saturated heterocycles. The molecule has 0 N–H and O–H groups in total. The summed E-state index contributed by atoms with van der Waals surface area (Å²) in [6.07, 6.45) is 1.87. The maximum atomic E-state index is 8.61. The van der Waals surface area contributed by atoms with Gasteiger partial charge in [0, 0.05) is 6.54 Å². The van der Waals surface area contributed by atoms with Gasteiger partial charge in [-0.05, 0) is 12.5 Å². The summed E-state index contributed by atoms with van der Waals surface area (Å²) in [6, 6.07) is 12.3. The fourth-order valence-corrected chi connectivity index (χ4v) is 2.42. The topological polar surface area (TPSA) is 41.6 Å². The predicted molar refractivity (Wildman–Crippen MR) is 69.7 cm³/mol. The molecule has 1 heterocycles. The van der Waals surface area contributed by atoms with Crippen LogP contribution in [0.4, 0.5) is 0 Å². The van der Waals surface area contributed by atoms with Gasteiger partial charge in [0.25, 0.3) is 0 Å². The highest BCUT2D eigenvalue weighted by Crippen LogP contribution is 2.25. The molecule has 2 rings (SSSR count). The molecule has 0 bridgehead atoms. The van der Waals surface area contributed by atoms with Crippen molar-refractivity contribution in [3.8, 4) is 17.3 Å². The summed E-state index contributed by atoms with van der Waals surface area (Å²) in [6.45, 7) is 2.95. The molecule has 0 saturated carbocycles. The lowest BCUT2D eigenvalue weighted by Gasteiger charge is -2.07. The summed E-state index contributed by atoms with van der Waals surface area (Å²) < 4.78 is 2.14. The van der Waals surface area contributed by atoms with Gasteiger partial charge in [-0.25, -0.2) is 4.98 Å². The highest BCUT2D eigenvalue weighted by atomic mass is 32.2. The zero-order valence-corrected chi connectivity index (χ0v) is 10.4. The van der Waals surface area contributed by atoms with E-state index in [0.717, 1.165) is 23.0 Å². The second kappa shape index (κ2) is 5.55. The molecule has 0 radical (unpaired) electrons. The van der Waals surface area contributed by atoms with Gasteiger partial charge in [-0.3, -0.25) is 0 Å². The predicted octanol–water partition coefficient (Wildman–Crippen LogP) is 3.19. The van der Waals surface area contributed by atoms with Crippen LogP contribution in [0.2, 0.25) is 0 Å². The van der Waals surface area contributed by atoms with Crippen LogP contribution in [0.25, 0.3) is 11.3 Å². The van der Waals surface area contributed by atoms with E-state index in [2.05, 4.69) is 34.7 Å². The Hall–Kier alpha value is -1.73. The number of aromatic nitrogens is 2. The van der Waals surface area contributed by atoms with Crippen LogP contribution < -0.4 is 0 Å². The van der Waals surface area contributed by atoms with E-state index in [4.69, 9.17) is 5.26 Å². The van der Waals surface area contributed by atoms with Gasteiger partial charge in [-0.2, -0.15) is 5.26 Å². The number of hydrogen-bond donors (Lipinski definition) is 0. The molecule has 2 aromatic rings. The van der Waals surface area contributed by atoms with Crippen molar-refractivity contribution < 1.29 is 0 Å². The van der Waals surface area contributed by atoms with Gasteiger partial charge in [-0.1, -0.05) is 42.1 Å². The van der Waals surface area contributed by atoms with Gasteiger partial charge in [0.05, 0.1) is 23.7 Å². The van der Waals surface area contributed by atoms with Gasteiger partial charge < -0.3 is 4.57 Å². The summed E-state index contributed by atoms with van der Waals surface area (Å²) in [7, 11) is 0. The van der Waals surface area contributed by atoms with Gasteiger partial charge in [-0.15, -0.1) is 0 Å². The van der Waals surface area contributed by atoms with Crippen LogP contribution in [-0.2, 0) is 6.54 Å².